The number of sulfonamides is 1. The molecule has 0 radical (unpaired) electrons. The molecule has 0 spiro atoms. The maximum atomic E-state index is 12.4. The second kappa shape index (κ2) is 6.34. The van der Waals surface area contributed by atoms with Crippen LogP contribution >= 0.6 is 0 Å². The molecule has 0 saturated heterocycles. The molecule has 2 rings (SSSR count). The highest BCUT2D eigenvalue weighted by Gasteiger charge is 2.32. The number of hydrazine groups is 1. The number of benzene rings is 1. The fourth-order valence-electron chi connectivity index (χ4n) is 1.54. The van der Waals surface area contributed by atoms with Crippen LogP contribution in [0.25, 0.3) is 0 Å². The number of rotatable bonds is 4. The summed E-state index contributed by atoms with van der Waals surface area (Å²) >= 11 is 0. The van der Waals surface area contributed by atoms with Crippen molar-refractivity contribution >= 4 is 15.9 Å². The maximum absolute atomic E-state index is 12.4. The molecule has 0 aliphatic carbocycles. The molecular formula is C13H10F3N3O3S. The number of carbonyl (C=O) groups excluding carboxylic acids is 1. The van der Waals surface area contributed by atoms with Crippen molar-refractivity contribution in [3.8, 4) is 0 Å². The van der Waals surface area contributed by atoms with Crippen LogP contribution < -0.4 is 10.3 Å². The van der Waals surface area contributed by atoms with E-state index in [1.54, 1.807) is 6.07 Å². The number of amides is 1. The number of hydrogen-bond acceptors (Lipinski definition) is 4. The minimum absolute atomic E-state index is 0.0779. The predicted molar refractivity (Wildman–Crippen MR) is 73.5 cm³/mol. The molecule has 0 atom stereocenters. The topological polar surface area (TPSA) is 88.2 Å². The van der Waals surface area contributed by atoms with Crippen molar-refractivity contribution in [3.63, 3.8) is 0 Å². The highest BCUT2D eigenvalue weighted by molar-refractivity contribution is 7.89. The molecule has 1 aromatic carbocycles. The van der Waals surface area contributed by atoms with Crippen molar-refractivity contribution in [1.82, 2.24) is 15.2 Å². The first kappa shape index (κ1) is 16.9. The summed E-state index contributed by atoms with van der Waals surface area (Å²) in [7, 11) is -3.98. The van der Waals surface area contributed by atoms with Gasteiger partial charge in [0.1, 0.15) is 5.69 Å². The van der Waals surface area contributed by atoms with Gasteiger partial charge < -0.3 is 0 Å². The minimum atomic E-state index is -4.62. The molecule has 23 heavy (non-hydrogen) atoms. The number of aromatic nitrogens is 1. The average Bonchev–Trinajstić information content (AvgIpc) is 2.53. The number of alkyl halides is 3. The zero-order chi connectivity index (χ0) is 17.1. The predicted octanol–water partition coefficient (Wildman–Crippen LogP) is 1.72. The fraction of sp³-hybridized carbons (Fsp3) is 0.0769. The highest BCUT2D eigenvalue weighted by Crippen LogP contribution is 2.27. The van der Waals surface area contributed by atoms with E-state index in [2.05, 4.69) is 4.98 Å². The third-order valence-corrected chi connectivity index (χ3v) is 3.93. The first-order valence-corrected chi connectivity index (χ1v) is 7.59. The Morgan fingerprint density at radius 1 is 1.04 bits per heavy atom. The molecule has 1 amide bonds. The van der Waals surface area contributed by atoms with Gasteiger partial charge in [-0.1, -0.05) is 18.2 Å². The molecule has 0 fully saturated rings. The number of halogens is 3. The number of carbonyl (C=O) groups is 1. The summed E-state index contributed by atoms with van der Waals surface area (Å²) in [6.45, 7) is 0. The lowest BCUT2D eigenvalue weighted by atomic mass is 10.2. The summed E-state index contributed by atoms with van der Waals surface area (Å²) < 4.78 is 60.8. The van der Waals surface area contributed by atoms with Gasteiger partial charge in [-0.2, -0.15) is 13.2 Å². The standard InChI is InChI=1S/C13H10F3N3O3S/c14-13(15,16)11-7-6-9(8-17-11)12(20)18-19-23(21,22)10-4-2-1-3-5-10/h1-8,19H,(H,18,20). The van der Waals surface area contributed by atoms with Crippen LogP contribution in [0.5, 0.6) is 0 Å². The van der Waals surface area contributed by atoms with Gasteiger partial charge in [0.25, 0.3) is 15.9 Å². The van der Waals surface area contributed by atoms with Gasteiger partial charge in [0.2, 0.25) is 0 Å². The van der Waals surface area contributed by atoms with Gasteiger partial charge >= 0.3 is 6.18 Å². The Morgan fingerprint density at radius 2 is 1.70 bits per heavy atom. The molecule has 10 heteroatoms. The molecule has 122 valence electrons. The quantitative estimate of drug-likeness (QED) is 0.826. The van der Waals surface area contributed by atoms with E-state index in [1.807, 2.05) is 10.3 Å². The Morgan fingerprint density at radius 3 is 2.22 bits per heavy atom. The lowest BCUT2D eigenvalue weighted by Crippen LogP contribution is -2.41. The first-order valence-electron chi connectivity index (χ1n) is 6.10. The summed E-state index contributed by atoms with van der Waals surface area (Å²) in [5, 5.41) is 0. The molecule has 0 bridgehead atoms. The summed E-state index contributed by atoms with van der Waals surface area (Å²) in [5.74, 6) is -0.939. The lowest BCUT2D eigenvalue weighted by Gasteiger charge is -2.09. The van der Waals surface area contributed by atoms with Crippen molar-refractivity contribution in [3.05, 3.63) is 59.9 Å². The van der Waals surface area contributed by atoms with E-state index in [0.717, 1.165) is 6.07 Å². The van der Waals surface area contributed by atoms with Gasteiger partial charge in [-0.05, 0) is 24.3 Å². The van der Waals surface area contributed by atoms with Crippen LogP contribution in [-0.4, -0.2) is 19.3 Å². The fourth-order valence-corrected chi connectivity index (χ4v) is 2.40. The normalized spacial score (nSPS) is 12.0. The molecule has 6 nitrogen and oxygen atoms in total. The zero-order valence-electron chi connectivity index (χ0n) is 11.3. The number of nitrogens with zero attached hydrogens (tertiary/aromatic N) is 1. The van der Waals surface area contributed by atoms with Gasteiger partial charge in [-0.15, -0.1) is 4.83 Å². The Labute approximate surface area is 129 Å². The Kier molecular flexibility index (Phi) is 4.66. The van der Waals surface area contributed by atoms with Crippen LogP contribution in [0.3, 0.4) is 0 Å². The third-order valence-electron chi connectivity index (χ3n) is 2.67. The second-order valence-corrected chi connectivity index (χ2v) is 5.98. The van der Waals surface area contributed by atoms with Crippen molar-refractivity contribution in [1.29, 1.82) is 0 Å². The van der Waals surface area contributed by atoms with Crippen LogP contribution in [0.15, 0.2) is 53.6 Å². The lowest BCUT2D eigenvalue weighted by molar-refractivity contribution is -0.141. The molecule has 0 unspecified atom stereocenters. The smallest absolute Gasteiger partial charge is 0.273 e. The SMILES string of the molecule is O=C(NNS(=O)(=O)c1ccccc1)c1ccc(C(F)(F)F)nc1. The van der Waals surface area contributed by atoms with Crippen molar-refractivity contribution < 1.29 is 26.4 Å². The molecule has 0 aliphatic heterocycles. The first-order chi connectivity index (χ1) is 10.7. The Balaban J connectivity index is 2.05. The van der Waals surface area contributed by atoms with Crippen molar-refractivity contribution in [2.24, 2.45) is 0 Å². The van der Waals surface area contributed by atoms with Crippen molar-refractivity contribution in [2.75, 3.05) is 0 Å². The van der Waals surface area contributed by atoms with E-state index in [1.165, 1.54) is 24.3 Å². The highest BCUT2D eigenvalue weighted by atomic mass is 32.2. The van der Waals surface area contributed by atoms with Gasteiger partial charge in [0.15, 0.2) is 0 Å². The summed E-state index contributed by atoms with van der Waals surface area (Å²) in [6.07, 6.45) is -3.92. The van der Waals surface area contributed by atoms with Crippen molar-refractivity contribution in [2.45, 2.75) is 11.1 Å². The second-order valence-electron chi connectivity index (χ2n) is 4.30. The number of nitrogens with one attached hydrogen (secondary N) is 2. The maximum Gasteiger partial charge on any atom is 0.433 e. The van der Waals surface area contributed by atoms with E-state index in [9.17, 15) is 26.4 Å². The minimum Gasteiger partial charge on any atom is -0.273 e. The number of hydrogen-bond donors (Lipinski definition) is 2. The summed E-state index contributed by atoms with van der Waals surface area (Å²) in [5.41, 5.74) is 0.516. The Bertz CT molecular complexity index is 791. The monoisotopic (exact) mass is 345 g/mol. The zero-order valence-corrected chi connectivity index (χ0v) is 12.1. The molecule has 1 aromatic heterocycles. The van der Waals surface area contributed by atoms with E-state index < -0.39 is 27.8 Å². The van der Waals surface area contributed by atoms with E-state index in [4.69, 9.17) is 0 Å². The molecule has 0 aliphatic rings. The van der Waals surface area contributed by atoms with Gasteiger partial charge in [0, 0.05) is 6.20 Å². The average molecular weight is 345 g/mol. The van der Waals surface area contributed by atoms with E-state index in [0.29, 0.717) is 12.3 Å². The van der Waals surface area contributed by atoms with Crippen LogP contribution in [0.2, 0.25) is 0 Å². The third kappa shape index (κ3) is 4.27. The van der Waals surface area contributed by atoms with Gasteiger partial charge in [0.05, 0.1) is 10.5 Å². The molecule has 1 heterocycles. The van der Waals surface area contributed by atoms with Crippen LogP contribution in [-0.2, 0) is 16.2 Å². The molecule has 0 saturated carbocycles. The van der Waals surface area contributed by atoms with Crippen LogP contribution in [0, 0.1) is 0 Å². The molecular weight excluding hydrogens is 335 g/mol. The molecule has 2 N–H and O–H groups in total. The van der Waals surface area contributed by atoms with Gasteiger partial charge in [-0.3, -0.25) is 15.2 Å². The van der Waals surface area contributed by atoms with Crippen LogP contribution in [0.1, 0.15) is 16.1 Å². The largest absolute Gasteiger partial charge is 0.433 e. The number of pyridine rings is 1. The summed E-state index contributed by atoms with van der Waals surface area (Å²) in [4.78, 5) is 16.6. The summed E-state index contributed by atoms with van der Waals surface area (Å²) in [6, 6.07) is 8.75. The van der Waals surface area contributed by atoms with E-state index in [-0.39, 0.29) is 10.5 Å². The van der Waals surface area contributed by atoms with Crippen LogP contribution in [0.4, 0.5) is 13.2 Å². The van der Waals surface area contributed by atoms with Gasteiger partial charge in [-0.25, -0.2) is 8.42 Å². The Hall–Kier alpha value is -2.46. The molecule has 2 aromatic rings. The van der Waals surface area contributed by atoms with E-state index >= 15 is 0 Å².